The van der Waals surface area contributed by atoms with Crippen molar-refractivity contribution in [3.05, 3.63) is 59.1 Å². The number of hydrogen-bond donors (Lipinski definition) is 0. The zero-order valence-electron chi connectivity index (χ0n) is 18.6. The molecule has 7 nitrogen and oxygen atoms in total. The smallest absolute Gasteiger partial charge is 0.264 e. The highest BCUT2D eigenvalue weighted by Gasteiger charge is 2.29. The first kappa shape index (κ1) is 24.2. The Labute approximate surface area is 193 Å². The fourth-order valence-corrected chi connectivity index (χ4v) is 5.03. The van der Waals surface area contributed by atoms with Crippen LogP contribution in [0.4, 0.5) is 10.1 Å². The third-order valence-corrected chi connectivity index (χ3v) is 7.13. The molecule has 0 aliphatic carbocycles. The predicted molar refractivity (Wildman–Crippen MR) is 125 cm³/mol. The number of nitrogens with zero attached hydrogens (tertiary/aromatic N) is 5. The Hall–Kier alpha value is -2.49. The van der Waals surface area contributed by atoms with E-state index >= 15 is 0 Å². The number of halogens is 2. The molecule has 0 fully saturated rings. The van der Waals surface area contributed by atoms with Gasteiger partial charge in [-0.1, -0.05) is 43.1 Å². The molecule has 3 aromatic rings. The Morgan fingerprint density at radius 3 is 2.44 bits per heavy atom. The van der Waals surface area contributed by atoms with Crippen molar-refractivity contribution in [2.75, 3.05) is 24.9 Å². The van der Waals surface area contributed by atoms with Crippen LogP contribution in [0.25, 0.3) is 11.4 Å². The molecule has 0 spiro atoms. The first-order chi connectivity index (χ1) is 15.2. The molecule has 0 atom stereocenters. The summed E-state index contributed by atoms with van der Waals surface area (Å²) in [7, 11) is 1.66. The average molecular weight is 480 g/mol. The predicted octanol–water partition coefficient (Wildman–Crippen LogP) is 4.33. The number of anilines is 1. The molecule has 0 saturated carbocycles. The minimum Gasteiger partial charge on any atom is -0.313 e. The van der Waals surface area contributed by atoms with Crippen LogP contribution in [0.5, 0.6) is 0 Å². The fraction of sp³-hybridized carbons (Fsp3) is 0.364. The van der Waals surface area contributed by atoms with Crippen molar-refractivity contribution >= 4 is 27.3 Å². The first-order valence-electron chi connectivity index (χ1n) is 10.3. The number of unbranched alkanes of at least 4 members (excludes halogenated alkanes) is 1. The number of aromatic nitrogens is 3. The lowest BCUT2D eigenvalue weighted by molar-refractivity contribution is 0.384. The van der Waals surface area contributed by atoms with E-state index in [0.29, 0.717) is 30.2 Å². The number of hydrogen-bond acceptors (Lipinski definition) is 5. The molecular weight excluding hydrogens is 453 g/mol. The van der Waals surface area contributed by atoms with Crippen LogP contribution < -0.4 is 4.31 Å². The van der Waals surface area contributed by atoms with Gasteiger partial charge in [0.05, 0.1) is 22.2 Å². The largest absolute Gasteiger partial charge is 0.313 e. The molecule has 0 aliphatic heterocycles. The van der Waals surface area contributed by atoms with Gasteiger partial charge < -0.3 is 9.47 Å². The molecule has 3 rings (SSSR count). The summed E-state index contributed by atoms with van der Waals surface area (Å²) in [5.74, 6) is 0.386. The van der Waals surface area contributed by atoms with Crippen LogP contribution in [-0.2, 0) is 23.6 Å². The second-order valence-electron chi connectivity index (χ2n) is 7.76. The summed E-state index contributed by atoms with van der Waals surface area (Å²) in [5.41, 5.74) is 0.572. The van der Waals surface area contributed by atoms with Crippen LogP contribution in [0.1, 0.15) is 25.6 Å². The Morgan fingerprint density at radius 2 is 1.81 bits per heavy atom. The molecule has 172 valence electrons. The van der Waals surface area contributed by atoms with Gasteiger partial charge >= 0.3 is 0 Å². The fourth-order valence-electron chi connectivity index (χ4n) is 3.33. The van der Waals surface area contributed by atoms with Gasteiger partial charge in [-0.05, 0) is 38.7 Å². The van der Waals surface area contributed by atoms with E-state index < -0.39 is 15.8 Å². The standard InChI is InChI=1S/C22H27ClFN5O2S/c1-5-6-12-29(32(30,31)16-10-8-7-9-11-16)20-14-19(24)18(23)13-17(20)22-26-25-21(28(22)4)15-27(2)3/h7-11,13-14H,5-6,12,15H2,1-4H3. The molecule has 0 saturated heterocycles. The molecule has 10 heteroatoms. The Bertz CT molecular complexity index is 1180. The molecule has 0 bridgehead atoms. The maximum Gasteiger partial charge on any atom is 0.264 e. The maximum atomic E-state index is 14.6. The minimum absolute atomic E-state index is 0.117. The lowest BCUT2D eigenvalue weighted by Crippen LogP contribution is -2.32. The summed E-state index contributed by atoms with van der Waals surface area (Å²) < 4.78 is 44.8. The SMILES string of the molecule is CCCCN(c1cc(F)c(Cl)cc1-c1nnc(CN(C)C)n1C)S(=O)(=O)c1ccccc1. The number of rotatable bonds is 9. The van der Waals surface area contributed by atoms with Crippen LogP contribution >= 0.6 is 11.6 Å². The van der Waals surface area contributed by atoms with E-state index in [2.05, 4.69) is 10.2 Å². The Kier molecular flexibility index (Phi) is 7.53. The van der Waals surface area contributed by atoms with Crippen molar-refractivity contribution in [1.82, 2.24) is 19.7 Å². The van der Waals surface area contributed by atoms with Crippen molar-refractivity contribution in [1.29, 1.82) is 0 Å². The zero-order chi connectivity index (χ0) is 23.5. The van der Waals surface area contributed by atoms with E-state index in [1.54, 1.807) is 29.8 Å². The van der Waals surface area contributed by atoms with Crippen LogP contribution in [-0.4, -0.2) is 48.7 Å². The van der Waals surface area contributed by atoms with Gasteiger partial charge in [0, 0.05) is 25.2 Å². The quantitative estimate of drug-likeness (QED) is 0.456. The summed E-state index contributed by atoms with van der Waals surface area (Å²) >= 11 is 6.11. The summed E-state index contributed by atoms with van der Waals surface area (Å²) in [6, 6.07) is 10.7. The minimum atomic E-state index is -3.95. The highest BCUT2D eigenvalue weighted by molar-refractivity contribution is 7.92. The summed E-state index contributed by atoms with van der Waals surface area (Å²) in [5, 5.41) is 8.39. The second-order valence-corrected chi connectivity index (χ2v) is 10.0. The van der Waals surface area contributed by atoms with Crippen LogP contribution in [0, 0.1) is 5.82 Å². The summed E-state index contributed by atoms with van der Waals surface area (Å²) in [6.45, 7) is 2.69. The van der Waals surface area contributed by atoms with E-state index in [9.17, 15) is 12.8 Å². The van der Waals surface area contributed by atoms with Gasteiger partial charge in [-0.2, -0.15) is 0 Å². The van der Waals surface area contributed by atoms with Crippen LogP contribution in [0.15, 0.2) is 47.4 Å². The summed E-state index contributed by atoms with van der Waals surface area (Å²) in [6.07, 6.45) is 1.36. The van der Waals surface area contributed by atoms with Gasteiger partial charge in [-0.3, -0.25) is 4.31 Å². The van der Waals surface area contributed by atoms with Gasteiger partial charge in [-0.25, -0.2) is 12.8 Å². The molecule has 2 aromatic carbocycles. The summed E-state index contributed by atoms with van der Waals surface area (Å²) in [4.78, 5) is 2.07. The van der Waals surface area contributed by atoms with E-state index in [0.717, 1.165) is 12.5 Å². The van der Waals surface area contributed by atoms with Crippen molar-refractivity contribution < 1.29 is 12.8 Å². The van der Waals surface area contributed by atoms with E-state index in [1.807, 2.05) is 25.9 Å². The van der Waals surface area contributed by atoms with Crippen LogP contribution in [0.3, 0.4) is 0 Å². The van der Waals surface area contributed by atoms with E-state index in [4.69, 9.17) is 11.6 Å². The van der Waals surface area contributed by atoms with Crippen molar-refractivity contribution in [2.45, 2.75) is 31.2 Å². The number of benzene rings is 2. The topological polar surface area (TPSA) is 71.3 Å². The van der Waals surface area contributed by atoms with Gasteiger partial charge in [0.15, 0.2) is 5.82 Å². The van der Waals surface area contributed by atoms with E-state index in [-0.39, 0.29) is 22.2 Å². The van der Waals surface area contributed by atoms with Gasteiger partial charge in [0.1, 0.15) is 11.6 Å². The Morgan fingerprint density at radius 1 is 1.12 bits per heavy atom. The third-order valence-electron chi connectivity index (χ3n) is 5.02. The zero-order valence-corrected chi connectivity index (χ0v) is 20.2. The molecule has 1 aromatic heterocycles. The van der Waals surface area contributed by atoms with Crippen LogP contribution in [0.2, 0.25) is 5.02 Å². The van der Waals surface area contributed by atoms with Crippen molar-refractivity contribution in [3.63, 3.8) is 0 Å². The molecule has 0 N–H and O–H groups in total. The first-order valence-corrected chi connectivity index (χ1v) is 12.1. The van der Waals surface area contributed by atoms with E-state index in [1.165, 1.54) is 22.5 Å². The average Bonchev–Trinajstić information content (AvgIpc) is 3.10. The lowest BCUT2D eigenvalue weighted by atomic mass is 10.1. The van der Waals surface area contributed by atoms with Gasteiger partial charge in [-0.15, -0.1) is 10.2 Å². The molecule has 1 heterocycles. The number of sulfonamides is 1. The molecule has 32 heavy (non-hydrogen) atoms. The van der Waals surface area contributed by atoms with Gasteiger partial charge in [0.2, 0.25) is 0 Å². The highest BCUT2D eigenvalue weighted by Crippen LogP contribution is 2.37. The molecule has 0 radical (unpaired) electrons. The normalized spacial score (nSPS) is 11.8. The molecule has 0 unspecified atom stereocenters. The molecule has 0 amide bonds. The Balaban J connectivity index is 2.22. The highest BCUT2D eigenvalue weighted by atomic mass is 35.5. The molecular formula is C22H27ClFN5O2S. The monoisotopic (exact) mass is 479 g/mol. The van der Waals surface area contributed by atoms with Gasteiger partial charge in [0.25, 0.3) is 10.0 Å². The van der Waals surface area contributed by atoms with Crippen molar-refractivity contribution in [3.8, 4) is 11.4 Å². The molecule has 0 aliphatic rings. The third kappa shape index (κ3) is 4.95. The second kappa shape index (κ2) is 9.97. The maximum absolute atomic E-state index is 14.6. The lowest BCUT2D eigenvalue weighted by Gasteiger charge is -2.27. The van der Waals surface area contributed by atoms with Crippen molar-refractivity contribution in [2.24, 2.45) is 7.05 Å².